The summed E-state index contributed by atoms with van der Waals surface area (Å²) in [5, 5.41) is 11.8. The summed E-state index contributed by atoms with van der Waals surface area (Å²) in [6.07, 6.45) is 0. The van der Waals surface area contributed by atoms with Crippen LogP contribution in [-0.2, 0) is 0 Å². The molecule has 0 radical (unpaired) electrons. The van der Waals surface area contributed by atoms with Crippen molar-refractivity contribution >= 4 is 5.91 Å². The molecular weight excluding hydrogens is 264 g/mol. The molecule has 0 atom stereocenters. The lowest BCUT2D eigenvalue weighted by molar-refractivity contribution is 0.0919. The van der Waals surface area contributed by atoms with E-state index in [-0.39, 0.29) is 18.1 Å². The van der Waals surface area contributed by atoms with Crippen LogP contribution in [0.1, 0.15) is 35.3 Å². The van der Waals surface area contributed by atoms with Crippen molar-refractivity contribution in [3.8, 4) is 11.8 Å². The van der Waals surface area contributed by atoms with E-state index in [1.807, 2.05) is 33.2 Å². The van der Waals surface area contributed by atoms with Crippen LogP contribution in [0.15, 0.2) is 18.2 Å². The Hall–Kier alpha value is -1.83. The van der Waals surface area contributed by atoms with Gasteiger partial charge >= 0.3 is 0 Å². The molecule has 0 spiro atoms. The van der Waals surface area contributed by atoms with E-state index in [1.165, 1.54) is 0 Å². The fraction of sp³-hybridized carbons (Fsp3) is 0.471. The van der Waals surface area contributed by atoms with Crippen molar-refractivity contribution in [3.63, 3.8) is 0 Å². The first kappa shape index (κ1) is 17.2. The van der Waals surface area contributed by atoms with Crippen LogP contribution in [0.4, 0.5) is 0 Å². The Morgan fingerprint density at radius 3 is 2.62 bits per heavy atom. The number of benzene rings is 1. The lowest BCUT2D eigenvalue weighted by Gasteiger charge is -2.32. The second-order valence-corrected chi connectivity index (χ2v) is 5.90. The highest BCUT2D eigenvalue weighted by Crippen LogP contribution is 2.12. The van der Waals surface area contributed by atoms with Gasteiger partial charge in [0, 0.05) is 17.6 Å². The number of carbonyl (C=O) groups is 1. The van der Waals surface area contributed by atoms with Crippen LogP contribution in [-0.4, -0.2) is 48.7 Å². The molecule has 0 unspecified atom stereocenters. The fourth-order valence-corrected chi connectivity index (χ4v) is 1.64. The summed E-state index contributed by atoms with van der Waals surface area (Å²) in [6.45, 7) is 6.40. The van der Waals surface area contributed by atoms with Crippen LogP contribution in [0.2, 0.25) is 0 Å². The van der Waals surface area contributed by atoms with Crippen molar-refractivity contribution in [3.05, 3.63) is 34.9 Å². The van der Waals surface area contributed by atoms with E-state index < -0.39 is 0 Å². The van der Waals surface area contributed by atoms with Crippen molar-refractivity contribution in [2.75, 3.05) is 27.2 Å². The number of rotatable bonds is 4. The van der Waals surface area contributed by atoms with Gasteiger partial charge in [0.25, 0.3) is 5.91 Å². The first-order valence-electron chi connectivity index (χ1n) is 6.94. The smallest absolute Gasteiger partial charge is 0.252 e. The minimum atomic E-state index is -0.220. The lowest BCUT2D eigenvalue weighted by Crippen LogP contribution is -2.48. The normalized spacial score (nSPS) is 11.0. The molecule has 0 aliphatic heterocycles. The highest BCUT2D eigenvalue weighted by Gasteiger charge is 2.22. The van der Waals surface area contributed by atoms with Gasteiger partial charge in [0.1, 0.15) is 6.61 Å². The van der Waals surface area contributed by atoms with Crippen LogP contribution in [0.3, 0.4) is 0 Å². The first-order chi connectivity index (χ1) is 9.77. The molecule has 0 saturated carbocycles. The van der Waals surface area contributed by atoms with Crippen LogP contribution in [0.5, 0.6) is 0 Å². The molecule has 0 saturated heterocycles. The minimum absolute atomic E-state index is 0.128. The zero-order valence-electron chi connectivity index (χ0n) is 13.4. The molecule has 4 nitrogen and oxygen atoms in total. The van der Waals surface area contributed by atoms with E-state index in [4.69, 9.17) is 5.11 Å². The second-order valence-electron chi connectivity index (χ2n) is 5.90. The summed E-state index contributed by atoms with van der Waals surface area (Å²) >= 11 is 0. The standard InChI is InChI=1S/C17H24N2O2/c1-13-8-9-15(14(11-13)7-6-10-20)16(21)18-12-17(2,3)19(4)5/h8-9,11,20H,10,12H2,1-5H3,(H,18,21). The quantitative estimate of drug-likeness (QED) is 0.824. The van der Waals surface area contributed by atoms with E-state index in [0.717, 1.165) is 5.56 Å². The third-order valence-corrected chi connectivity index (χ3v) is 3.61. The lowest BCUT2D eigenvalue weighted by atomic mass is 10.0. The number of aryl methyl sites for hydroxylation is 1. The molecule has 0 bridgehead atoms. The Labute approximate surface area is 127 Å². The van der Waals surface area contributed by atoms with E-state index in [2.05, 4.69) is 35.9 Å². The number of likely N-dealkylation sites (N-methyl/N-ethyl adjacent to an activating group) is 1. The third-order valence-electron chi connectivity index (χ3n) is 3.61. The number of nitrogens with one attached hydrogen (secondary N) is 1. The number of aliphatic hydroxyl groups excluding tert-OH is 1. The van der Waals surface area contributed by atoms with Gasteiger partial charge in [0.05, 0.1) is 5.56 Å². The van der Waals surface area contributed by atoms with Crippen molar-refractivity contribution in [1.29, 1.82) is 0 Å². The summed E-state index contributed by atoms with van der Waals surface area (Å²) in [5.74, 6) is 5.28. The maximum atomic E-state index is 12.3. The summed E-state index contributed by atoms with van der Waals surface area (Å²) in [5.41, 5.74) is 2.08. The molecule has 0 heterocycles. The summed E-state index contributed by atoms with van der Waals surface area (Å²) in [6, 6.07) is 5.51. The highest BCUT2D eigenvalue weighted by molar-refractivity contribution is 5.96. The molecule has 114 valence electrons. The Morgan fingerprint density at radius 2 is 2.05 bits per heavy atom. The van der Waals surface area contributed by atoms with Crippen LogP contribution >= 0.6 is 0 Å². The van der Waals surface area contributed by atoms with Gasteiger partial charge in [-0.3, -0.25) is 4.79 Å². The Morgan fingerprint density at radius 1 is 1.38 bits per heavy atom. The SMILES string of the molecule is Cc1ccc(C(=O)NCC(C)(C)N(C)C)c(C#CCO)c1. The molecule has 1 amide bonds. The van der Waals surface area contributed by atoms with Crippen molar-refractivity contribution in [2.24, 2.45) is 0 Å². The summed E-state index contributed by atoms with van der Waals surface area (Å²) < 4.78 is 0. The van der Waals surface area contributed by atoms with Crippen molar-refractivity contribution < 1.29 is 9.90 Å². The number of aliphatic hydroxyl groups is 1. The average molecular weight is 288 g/mol. The highest BCUT2D eigenvalue weighted by atomic mass is 16.2. The second kappa shape index (κ2) is 7.26. The number of carbonyl (C=O) groups excluding carboxylic acids is 1. The minimum Gasteiger partial charge on any atom is -0.384 e. The van der Waals surface area contributed by atoms with Gasteiger partial charge in [-0.2, -0.15) is 0 Å². The maximum Gasteiger partial charge on any atom is 0.252 e. The van der Waals surface area contributed by atoms with Gasteiger partial charge in [0.15, 0.2) is 0 Å². The van der Waals surface area contributed by atoms with Crippen LogP contribution in [0.25, 0.3) is 0 Å². The Kier molecular flexibility index (Phi) is 5.95. The van der Waals surface area contributed by atoms with Gasteiger partial charge in [-0.05, 0) is 52.6 Å². The fourth-order valence-electron chi connectivity index (χ4n) is 1.64. The van der Waals surface area contributed by atoms with E-state index in [1.54, 1.807) is 6.07 Å². The number of hydrogen-bond acceptors (Lipinski definition) is 3. The van der Waals surface area contributed by atoms with E-state index in [9.17, 15) is 4.79 Å². The van der Waals surface area contributed by atoms with Gasteiger partial charge in [-0.25, -0.2) is 0 Å². The topological polar surface area (TPSA) is 52.6 Å². The predicted octanol–water partition coefficient (Wildman–Crippen LogP) is 1.41. The monoisotopic (exact) mass is 288 g/mol. The van der Waals surface area contributed by atoms with Gasteiger partial charge < -0.3 is 15.3 Å². The molecule has 2 N–H and O–H groups in total. The van der Waals surface area contributed by atoms with Crippen LogP contribution in [0, 0.1) is 18.8 Å². The Balaban J connectivity index is 2.93. The molecule has 1 rings (SSSR count). The zero-order valence-corrected chi connectivity index (χ0v) is 13.4. The first-order valence-corrected chi connectivity index (χ1v) is 6.94. The molecule has 21 heavy (non-hydrogen) atoms. The maximum absolute atomic E-state index is 12.3. The molecule has 0 aliphatic rings. The molecule has 1 aromatic rings. The summed E-state index contributed by atoms with van der Waals surface area (Å²) in [7, 11) is 3.96. The molecule has 0 fully saturated rings. The van der Waals surface area contributed by atoms with Crippen LogP contribution < -0.4 is 5.32 Å². The molecule has 1 aromatic carbocycles. The zero-order chi connectivity index (χ0) is 16.0. The predicted molar refractivity (Wildman–Crippen MR) is 85.2 cm³/mol. The van der Waals surface area contributed by atoms with Crippen molar-refractivity contribution in [2.45, 2.75) is 26.3 Å². The van der Waals surface area contributed by atoms with Crippen molar-refractivity contribution in [1.82, 2.24) is 10.2 Å². The number of hydrogen-bond donors (Lipinski definition) is 2. The molecule has 0 aromatic heterocycles. The number of nitrogens with zero attached hydrogens (tertiary/aromatic N) is 1. The van der Waals surface area contributed by atoms with Gasteiger partial charge in [-0.15, -0.1) is 0 Å². The molecule has 0 aliphatic carbocycles. The summed E-state index contributed by atoms with van der Waals surface area (Å²) in [4.78, 5) is 14.4. The van der Waals surface area contributed by atoms with E-state index in [0.29, 0.717) is 17.7 Å². The van der Waals surface area contributed by atoms with Gasteiger partial charge in [0.2, 0.25) is 0 Å². The van der Waals surface area contributed by atoms with Gasteiger partial charge in [-0.1, -0.05) is 17.9 Å². The van der Waals surface area contributed by atoms with E-state index >= 15 is 0 Å². The Bertz CT molecular complexity index is 566. The molecular formula is C17H24N2O2. The number of amides is 1. The average Bonchev–Trinajstić information content (AvgIpc) is 2.42. The molecule has 4 heteroatoms. The largest absolute Gasteiger partial charge is 0.384 e. The third kappa shape index (κ3) is 4.89.